The van der Waals surface area contributed by atoms with Crippen LogP contribution in [0.1, 0.15) is 36.9 Å². The van der Waals surface area contributed by atoms with Crippen molar-refractivity contribution in [1.82, 2.24) is 0 Å². The minimum absolute atomic E-state index is 0.313. The summed E-state index contributed by atoms with van der Waals surface area (Å²) in [5.41, 5.74) is 0.742. The van der Waals surface area contributed by atoms with Crippen molar-refractivity contribution in [2.45, 2.75) is 24.8 Å². The number of aromatic hydroxyl groups is 1. The standard InChI is InChI=1S/C19H17NO7/c20-18(26)14-11(22)6-9-5-8-4-7-2-1-3-10(21)12(7)15(23)13(8)16(24)19(9,27)17(14)25/h1-3,8-9,13-14,21,27H,4-6H2,(H2,20,26)/t8?,9?,13?,14?,19-/m0/s1/i1D,2D,3D,6D2,8D. The van der Waals surface area contributed by atoms with Gasteiger partial charge < -0.3 is 15.9 Å². The number of Topliss-reactive ketones (excluding diaryl/α,β-unsaturated/α-hetero) is 4. The minimum Gasteiger partial charge on any atom is -0.507 e. The predicted octanol–water partition coefficient (Wildman–Crippen LogP) is -0.673. The molecule has 2 fully saturated rings. The van der Waals surface area contributed by atoms with Crippen LogP contribution < -0.4 is 5.73 Å². The molecule has 8 nitrogen and oxygen atoms in total. The molecule has 0 aliphatic heterocycles. The normalized spacial score (nSPS) is 43.1. The van der Waals surface area contributed by atoms with E-state index in [0.29, 0.717) is 0 Å². The number of phenols is 1. The van der Waals surface area contributed by atoms with E-state index < -0.39 is 107 Å². The van der Waals surface area contributed by atoms with Crippen molar-refractivity contribution >= 4 is 29.0 Å². The molecule has 1 aromatic rings. The van der Waals surface area contributed by atoms with Crippen LogP contribution in [-0.2, 0) is 25.6 Å². The molecule has 0 radical (unpaired) electrons. The van der Waals surface area contributed by atoms with Gasteiger partial charge in [-0.1, -0.05) is 12.1 Å². The Morgan fingerprint density at radius 1 is 1.30 bits per heavy atom. The van der Waals surface area contributed by atoms with E-state index in [4.69, 9.17) is 14.0 Å². The zero-order valence-electron chi connectivity index (χ0n) is 19.7. The SMILES string of the molecule is [2H]c1c([2H])c(O)c2c(c1[2H])CC1([2H])CC3C([2H])([2H])C(=O)C(C(N)=O)C(=O)[C@@]3(O)C(=O)C1C2=O. The third kappa shape index (κ3) is 2.16. The monoisotopic (exact) mass is 377 g/mol. The highest BCUT2D eigenvalue weighted by molar-refractivity contribution is 6.31. The summed E-state index contributed by atoms with van der Waals surface area (Å²) in [6.45, 7) is 0. The summed E-state index contributed by atoms with van der Waals surface area (Å²) in [5.74, 6) is -17.7. The summed E-state index contributed by atoms with van der Waals surface area (Å²) in [5, 5.41) is 21.4. The minimum atomic E-state index is -3.32. The number of phenolic OH excluding ortho intramolecular Hbond substituents is 1. The summed E-state index contributed by atoms with van der Waals surface area (Å²) in [6, 6.07) is -2.25. The first-order valence-corrected chi connectivity index (χ1v) is 8.03. The second-order valence-corrected chi connectivity index (χ2v) is 6.81. The Morgan fingerprint density at radius 3 is 2.67 bits per heavy atom. The van der Waals surface area contributed by atoms with Gasteiger partial charge in [0.2, 0.25) is 5.91 Å². The molecule has 1 aromatic carbocycles. The molecule has 0 heterocycles. The van der Waals surface area contributed by atoms with Crippen LogP contribution in [0.5, 0.6) is 5.75 Å². The van der Waals surface area contributed by atoms with Gasteiger partial charge in [0.05, 0.1) is 15.6 Å². The van der Waals surface area contributed by atoms with Crippen molar-refractivity contribution in [2.75, 3.05) is 0 Å². The predicted molar refractivity (Wildman–Crippen MR) is 88.5 cm³/mol. The van der Waals surface area contributed by atoms with Gasteiger partial charge in [0.25, 0.3) is 0 Å². The first-order valence-electron chi connectivity index (χ1n) is 11.0. The fourth-order valence-corrected chi connectivity index (χ4v) is 4.09. The molecule has 140 valence electrons. The second-order valence-electron chi connectivity index (χ2n) is 6.81. The Kier molecular flexibility index (Phi) is 2.42. The number of ketones is 4. The topological polar surface area (TPSA) is 152 Å². The number of carbonyl (C=O) groups is 5. The average Bonchev–Trinajstić information content (AvgIpc) is 2.71. The van der Waals surface area contributed by atoms with Crippen molar-refractivity contribution in [3.8, 4) is 5.75 Å². The van der Waals surface area contributed by atoms with Crippen molar-refractivity contribution < 1.29 is 42.4 Å². The average molecular weight is 377 g/mol. The first-order chi connectivity index (χ1) is 15.0. The maximum absolute atomic E-state index is 13.4. The van der Waals surface area contributed by atoms with Crippen LogP contribution in [0.4, 0.5) is 0 Å². The maximum atomic E-state index is 13.4. The number of nitrogens with two attached hydrogens (primary N) is 1. The van der Waals surface area contributed by atoms with E-state index in [9.17, 15) is 34.2 Å². The molecular formula is C19H17NO7. The zero-order chi connectivity index (χ0) is 25.0. The number of hydrogen-bond acceptors (Lipinski definition) is 7. The Morgan fingerprint density at radius 2 is 2.00 bits per heavy atom. The van der Waals surface area contributed by atoms with Gasteiger partial charge in [-0.2, -0.15) is 0 Å². The lowest BCUT2D eigenvalue weighted by atomic mass is 9.54. The summed E-state index contributed by atoms with van der Waals surface area (Å²) in [4.78, 5) is 63.9. The number of hydrogen-bond donors (Lipinski definition) is 3. The van der Waals surface area contributed by atoms with Gasteiger partial charge in [-0.15, -0.1) is 0 Å². The highest BCUT2D eigenvalue weighted by Crippen LogP contribution is 2.49. The molecule has 4 rings (SSSR count). The molecule has 0 saturated heterocycles. The Balaban J connectivity index is 1.97. The molecule has 8 heteroatoms. The molecule has 2 saturated carbocycles. The highest BCUT2D eigenvalue weighted by Gasteiger charge is 2.65. The molecule has 0 aromatic heterocycles. The van der Waals surface area contributed by atoms with Crippen LogP contribution in [0.2, 0.25) is 0 Å². The highest BCUT2D eigenvalue weighted by atomic mass is 16.3. The van der Waals surface area contributed by atoms with Gasteiger partial charge in [0.1, 0.15) is 5.75 Å². The van der Waals surface area contributed by atoms with Gasteiger partial charge >= 0.3 is 0 Å². The van der Waals surface area contributed by atoms with Crippen LogP contribution in [0.25, 0.3) is 0 Å². The lowest BCUT2D eigenvalue weighted by Crippen LogP contribution is -2.68. The molecule has 0 spiro atoms. The summed E-state index contributed by atoms with van der Waals surface area (Å²) < 4.78 is 48.7. The molecule has 4 N–H and O–H groups in total. The van der Waals surface area contributed by atoms with E-state index in [0.717, 1.165) is 0 Å². The van der Waals surface area contributed by atoms with E-state index in [-0.39, 0.29) is 5.56 Å². The molecule has 3 aliphatic rings. The third-order valence-corrected chi connectivity index (χ3v) is 5.36. The van der Waals surface area contributed by atoms with Crippen molar-refractivity contribution in [1.29, 1.82) is 0 Å². The molecule has 27 heavy (non-hydrogen) atoms. The Bertz CT molecular complexity index is 1220. The maximum Gasteiger partial charge on any atom is 0.235 e. The second kappa shape index (κ2) is 5.56. The van der Waals surface area contributed by atoms with E-state index in [1.54, 1.807) is 0 Å². The Labute approximate surface area is 161 Å². The van der Waals surface area contributed by atoms with Crippen molar-refractivity contribution in [2.24, 2.45) is 29.4 Å². The molecule has 4 unspecified atom stereocenters. The van der Waals surface area contributed by atoms with Crippen LogP contribution in [-0.4, -0.2) is 44.9 Å². The molecule has 3 aliphatic carbocycles. The fourth-order valence-electron chi connectivity index (χ4n) is 4.09. The summed E-state index contributed by atoms with van der Waals surface area (Å²) in [7, 11) is 0. The van der Waals surface area contributed by atoms with Crippen molar-refractivity contribution in [3.05, 3.63) is 29.3 Å². The van der Waals surface area contributed by atoms with Gasteiger partial charge in [-0.3, -0.25) is 24.0 Å². The number of fused-ring (bicyclic) bond motifs is 3. The van der Waals surface area contributed by atoms with E-state index in [2.05, 4.69) is 0 Å². The van der Waals surface area contributed by atoms with Gasteiger partial charge in [-0.05, 0) is 30.3 Å². The fraction of sp³-hybridized carbons (Fsp3) is 0.421. The first kappa shape index (κ1) is 11.8. The van der Waals surface area contributed by atoms with E-state index >= 15 is 0 Å². The quantitative estimate of drug-likeness (QED) is 0.549. The number of primary amides is 1. The lowest BCUT2D eigenvalue weighted by Gasteiger charge is -2.48. The van der Waals surface area contributed by atoms with E-state index in [1.807, 2.05) is 0 Å². The molecule has 5 atom stereocenters. The number of benzene rings is 1. The third-order valence-electron chi connectivity index (χ3n) is 5.36. The number of carbonyl (C=O) groups excluding carboxylic acids is 5. The summed E-state index contributed by atoms with van der Waals surface area (Å²) >= 11 is 0. The van der Waals surface area contributed by atoms with Crippen LogP contribution in [0.3, 0.4) is 0 Å². The van der Waals surface area contributed by atoms with Crippen molar-refractivity contribution in [3.63, 3.8) is 0 Å². The lowest BCUT2D eigenvalue weighted by molar-refractivity contribution is -0.175. The smallest absolute Gasteiger partial charge is 0.235 e. The van der Waals surface area contributed by atoms with Crippen LogP contribution in [0, 0.1) is 23.6 Å². The number of amides is 1. The van der Waals surface area contributed by atoms with Gasteiger partial charge in [0.15, 0.2) is 34.7 Å². The molecule has 1 amide bonds. The van der Waals surface area contributed by atoms with E-state index in [1.165, 1.54) is 0 Å². The molecular weight excluding hydrogens is 354 g/mol. The number of rotatable bonds is 1. The number of aliphatic hydroxyl groups is 1. The zero-order valence-corrected chi connectivity index (χ0v) is 13.7. The van der Waals surface area contributed by atoms with Gasteiger partial charge in [-0.25, -0.2) is 0 Å². The largest absolute Gasteiger partial charge is 0.507 e. The summed E-state index contributed by atoms with van der Waals surface area (Å²) in [6.07, 6.45) is -4.64. The molecule has 0 bridgehead atoms. The van der Waals surface area contributed by atoms with Crippen LogP contribution >= 0.6 is 0 Å². The Hall–Kier alpha value is -2.87. The van der Waals surface area contributed by atoms with Crippen LogP contribution in [0.15, 0.2) is 18.1 Å². The van der Waals surface area contributed by atoms with Gasteiger partial charge in [0, 0.05) is 16.4 Å².